The van der Waals surface area contributed by atoms with E-state index in [-0.39, 0.29) is 12.1 Å². The maximum atomic E-state index is 12.0. The Balaban J connectivity index is 1.70. The predicted octanol–water partition coefficient (Wildman–Crippen LogP) is 3.55. The fraction of sp³-hybridized carbons (Fsp3) is 0.312. The first kappa shape index (κ1) is 13.2. The summed E-state index contributed by atoms with van der Waals surface area (Å²) in [6.07, 6.45) is 2.49. The standard InChI is InChI=1S/C16H18N2OS/c19-16(17-11-12-8-9-12)18-15(14-7-4-10-20-14)13-5-2-1-3-6-13/h1-7,10,12,15H,8-9,11H2,(H2,17,18,19)/t15-/m0/s1. The predicted molar refractivity (Wildman–Crippen MR) is 81.9 cm³/mol. The summed E-state index contributed by atoms with van der Waals surface area (Å²) in [7, 11) is 0. The van der Waals surface area contributed by atoms with Gasteiger partial charge in [0.15, 0.2) is 0 Å². The van der Waals surface area contributed by atoms with Crippen LogP contribution in [0.25, 0.3) is 0 Å². The van der Waals surface area contributed by atoms with Crippen LogP contribution in [-0.4, -0.2) is 12.6 Å². The van der Waals surface area contributed by atoms with Gasteiger partial charge in [-0.25, -0.2) is 4.79 Å². The van der Waals surface area contributed by atoms with Gasteiger partial charge in [0.1, 0.15) is 0 Å². The van der Waals surface area contributed by atoms with E-state index in [4.69, 9.17) is 0 Å². The molecule has 104 valence electrons. The van der Waals surface area contributed by atoms with Gasteiger partial charge in [0.05, 0.1) is 6.04 Å². The van der Waals surface area contributed by atoms with Crippen molar-refractivity contribution in [3.05, 3.63) is 58.3 Å². The van der Waals surface area contributed by atoms with Crippen molar-refractivity contribution in [3.63, 3.8) is 0 Å². The number of urea groups is 1. The molecule has 2 aromatic rings. The Morgan fingerprint density at radius 3 is 2.65 bits per heavy atom. The average molecular weight is 286 g/mol. The fourth-order valence-electron chi connectivity index (χ4n) is 2.16. The van der Waals surface area contributed by atoms with E-state index in [0.29, 0.717) is 5.92 Å². The van der Waals surface area contributed by atoms with Gasteiger partial charge >= 0.3 is 6.03 Å². The highest BCUT2D eigenvalue weighted by Gasteiger charge is 2.23. The van der Waals surface area contributed by atoms with Crippen LogP contribution in [0.4, 0.5) is 4.79 Å². The quantitative estimate of drug-likeness (QED) is 0.867. The molecular formula is C16H18N2OS. The minimum Gasteiger partial charge on any atom is -0.338 e. The van der Waals surface area contributed by atoms with Crippen molar-refractivity contribution >= 4 is 17.4 Å². The number of thiophene rings is 1. The van der Waals surface area contributed by atoms with Crippen molar-refractivity contribution in [2.45, 2.75) is 18.9 Å². The molecule has 0 radical (unpaired) electrons. The Hall–Kier alpha value is -1.81. The fourth-order valence-corrected chi connectivity index (χ4v) is 2.96. The van der Waals surface area contributed by atoms with Gasteiger partial charge in [-0.3, -0.25) is 0 Å². The van der Waals surface area contributed by atoms with Gasteiger partial charge < -0.3 is 10.6 Å². The van der Waals surface area contributed by atoms with Gasteiger partial charge in [0, 0.05) is 11.4 Å². The lowest BCUT2D eigenvalue weighted by atomic mass is 10.1. The molecule has 2 amide bonds. The van der Waals surface area contributed by atoms with E-state index in [0.717, 1.165) is 17.0 Å². The SMILES string of the molecule is O=C(NCC1CC1)N[C@@H](c1ccccc1)c1cccs1. The second-order valence-corrected chi connectivity index (χ2v) is 6.14. The summed E-state index contributed by atoms with van der Waals surface area (Å²) in [5.41, 5.74) is 1.11. The third kappa shape index (κ3) is 3.39. The van der Waals surface area contributed by atoms with Crippen molar-refractivity contribution in [3.8, 4) is 0 Å². The highest BCUT2D eigenvalue weighted by molar-refractivity contribution is 7.10. The summed E-state index contributed by atoms with van der Waals surface area (Å²) in [6.45, 7) is 0.789. The first-order valence-electron chi connectivity index (χ1n) is 6.95. The van der Waals surface area contributed by atoms with E-state index >= 15 is 0 Å². The van der Waals surface area contributed by atoms with E-state index in [1.165, 1.54) is 12.8 Å². The number of nitrogens with one attached hydrogen (secondary N) is 2. The molecule has 1 aromatic carbocycles. The van der Waals surface area contributed by atoms with E-state index < -0.39 is 0 Å². The topological polar surface area (TPSA) is 41.1 Å². The van der Waals surface area contributed by atoms with Crippen LogP contribution in [0.3, 0.4) is 0 Å². The first-order chi connectivity index (χ1) is 9.83. The maximum Gasteiger partial charge on any atom is 0.315 e. The van der Waals surface area contributed by atoms with Crippen LogP contribution in [0.15, 0.2) is 47.8 Å². The highest BCUT2D eigenvalue weighted by atomic mass is 32.1. The molecule has 0 unspecified atom stereocenters. The van der Waals surface area contributed by atoms with Crippen LogP contribution in [0.1, 0.15) is 29.3 Å². The van der Waals surface area contributed by atoms with Gasteiger partial charge in [-0.1, -0.05) is 36.4 Å². The minimum atomic E-state index is -0.0841. The third-order valence-corrected chi connectivity index (χ3v) is 4.42. The van der Waals surface area contributed by atoms with E-state index in [1.54, 1.807) is 11.3 Å². The zero-order chi connectivity index (χ0) is 13.8. The molecule has 2 N–H and O–H groups in total. The zero-order valence-corrected chi connectivity index (χ0v) is 12.0. The zero-order valence-electron chi connectivity index (χ0n) is 11.2. The molecular weight excluding hydrogens is 268 g/mol. The minimum absolute atomic E-state index is 0.0737. The first-order valence-corrected chi connectivity index (χ1v) is 7.83. The second-order valence-electron chi connectivity index (χ2n) is 5.16. The van der Waals surface area contributed by atoms with Crippen LogP contribution in [0.2, 0.25) is 0 Å². The summed E-state index contributed by atoms with van der Waals surface area (Å²) in [4.78, 5) is 13.2. The highest BCUT2D eigenvalue weighted by Crippen LogP contribution is 2.28. The van der Waals surface area contributed by atoms with Crippen LogP contribution in [0, 0.1) is 5.92 Å². The molecule has 1 aromatic heterocycles. The van der Waals surface area contributed by atoms with Crippen LogP contribution < -0.4 is 10.6 Å². The second kappa shape index (κ2) is 6.09. The van der Waals surface area contributed by atoms with Crippen molar-refractivity contribution in [2.75, 3.05) is 6.54 Å². The summed E-state index contributed by atoms with van der Waals surface area (Å²) in [5, 5.41) is 8.08. The van der Waals surface area contributed by atoms with Crippen LogP contribution >= 0.6 is 11.3 Å². The number of hydrogen-bond donors (Lipinski definition) is 2. The number of rotatable bonds is 5. The van der Waals surface area contributed by atoms with Gasteiger partial charge in [0.25, 0.3) is 0 Å². The number of carbonyl (C=O) groups is 1. The molecule has 3 nitrogen and oxygen atoms in total. The lowest BCUT2D eigenvalue weighted by Gasteiger charge is -2.18. The molecule has 1 saturated carbocycles. The molecule has 20 heavy (non-hydrogen) atoms. The molecule has 3 rings (SSSR count). The van der Waals surface area contributed by atoms with E-state index in [1.807, 2.05) is 41.8 Å². The molecule has 1 fully saturated rings. The average Bonchev–Trinajstić information content (AvgIpc) is 3.16. The normalized spacial score (nSPS) is 15.6. The number of hydrogen-bond acceptors (Lipinski definition) is 2. The van der Waals surface area contributed by atoms with Crippen molar-refractivity contribution in [1.29, 1.82) is 0 Å². The molecule has 1 aliphatic carbocycles. The molecule has 0 saturated heterocycles. The van der Waals surface area contributed by atoms with Crippen molar-refractivity contribution < 1.29 is 4.79 Å². The summed E-state index contributed by atoms with van der Waals surface area (Å²) >= 11 is 1.66. The summed E-state index contributed by atoms with van der Waals surface area (Å²) in [5.74, 6) is 0.692. The van der Waals surface area contributed by atoms with Gasteiger partial charge in [-0.05, 0) is 35.8 Å². The Bertz CT molecular complexity index is 549. The lowest BCUT2D eigenvalue weighted by molar-refractivity contribution is 0.238. The Kier molecular flexibility index (Phi) is 4.02. The Morgan fingerprint density at radius 1 is 1.20 bits per heavy atom. The van der Waals surface area contributed by atoms with Crippen molar-refractivity contribution in [2.24, 2.45) is 5.92 Å². The number of benzene rings is 1. The van der Waals surface area contributed by atoms with Crippen LogP contribution in [-0.2, 0) is 0 Å². The molecule has 0 bridgehead atoms. The van der Waals surface area contributed by atoms with Gasteiger partial charge in [0.2, 0.25) is 0 Å². The largest absolute Gasteiger partial charge is 0.338 e. The smallest absolute Gasteiger partial charge is 0.315 e. The maximum absolute atomic E-state index is 12.0. The molecule has 1 heterocycles. The monoisotopic (exact) mass is 286 g/mol. The molecule has 0 spiro atoms. The van der Waals surface area contributed by atoms with Crippen molar-refractivity contribution in [1.82, 2.24) is 10.6 Å². The number of carbonyl (C=O) groups excluding carboxylic acids is 1. The van der Waals surface area contributed by atoms with Gasteiger partial charge in [-0.2, -0.15) is 0 Å². The van der Waals surface area contributed by atoms with Crippen LogP contribution in [0.5, 0.6) is 0 Å². The lowest BCUT2D eigenvalue weighted by Crippen LogP contribution is -2.39. The Labute approximate surface area is 123 Å². The molecule has 0 aliphatic heterocycles. The van der Waals surface area contributed by atoms with Gasteiger partial charge in [-0.15, -0.1) is 11.3 Å². The third-order valence-electron chi connectivity index (χ3n) is 3.48. The Morgan fingerprint density at radius 2 is 2.00 bits per heavy atom. The number of amides is 2. The molecule has 1 atom stereocenters. The summed E-state index contributed by atoms with van der Waals surface area (Å²) < 4.78 is 0. The van der Waals surface area contributed by atoms with E-state index in [9.17, 15) is 4.79 Å². The van der Waals surface area contributed by atoms with E-state index in [2.05, 4.69) is 16.7 Å². The molecule has 4 heteroatoms. The summed E-state index contributed by atoms with van der Waals surface area (Å²) in [6, 6.07) is 14.0. The molecule has 1 aliphatic rings.